The van der Waals surface area contributed by atoms with Gasteiger partial charge in [-0.15, -0.1) is 11.3 Å². The highest BCUT2D eigenvalue weighted by atomic mass is 32.1. The van der Waals surface area contributed by atoms with E-state index in [0.29, 0.717) is 12.0 Å². The summed E-state index contributed by atoms with van der Waals surface area (Å²) in [4.78, 5) is 16.6. The van der Waals surface area contributed by atoms with Crippen LogP contribution in [0.25, 0.3) is 11.3 Å². The number of aryl methyl sites for hydroxylation is 1. The van der Waals surface area contributed by atoms with E-state index in [0.717, 1.165) is 22.7 Å². The van der Waals surface area contributed by atoms with Gasteiger partial charge in [0.05, 0.1) is 16.8 Å². The molecule has 1 amide bonds. The molecule has 0 aliphatic rings. The van der Waals surface area contributed by atoms with Gasteiger partial charge in [-0.2, -0.15) is 5.26 Å². The average molecular weight is 299 g/mol. The van der Waals surface area contributed by atoms with E-state index >= 15 is 0 Å². The maximum atomic E-state index is 12.2. The van der Waals surface area contributed by atoms with Gasteiger partial charge in [-0.1, -0.05) is 25.5 Å². The average Bonchev–Trinajstić information content (AvgIpc) is 2.93. The highest BCUT2D eigenvalue weighted by molar-refractivity contribution is 7.09. The van der Waals surface area contributed by atoms with Gasteiger partial charge in [-0.05, 0) is 25.5 Å². The van der Waals surface area contributed by atoms with Crippen molar-refractivity contribution in [3.05, 3.63) is 40.2 Å². The molecule has 2 aromatic rings. The Bertz CT molecular complexity index is 672. The molecule has 0 radical (unpaired) electrons. The summed E-state index contributed by atoms with van der Waals surface area (Å²) >= 11 is 1.58. The van der Waals surface area contributed by atoms with Gasteiger partial charge < -0.3 is 5.32 Å². The molecule has 4 nitrogen and oxygen atoms in total. The molecule has 0 spiro atoms. The van der Waals surface area contributed by atoms with Gasteiger partial charge >= 0.3 is 0 Å². The third-order valence-electron chi connectivity index (χ3n) is 3.08. The van der Waals surface area contributed by atoms with E-state index in [2.05, 4.69) is 16.4 Å². The van der Waals surface area contributed by atoms with E-state index in [1.54, 1.807) is 17.4 Å². The monoisotopic (exact) mass is 299 g/mol. The first-order valence-electron chi connectivity index (χ1n) is 6.87. The lowest BCUT2D eigenvalue weighted by atomic mass is 10.1. The summed E-state index contributed by atoms with van der Waals surface area (Å²) in [5.41, 5.74) is 2.34. The van der Waals surface area contributed by atoms with E-state index in [4.69, 9.17) is 5.26 Å². The summed E-state index contributed by atoms with van der Waals surface area (Å²) in [6, 6.07) is 8.99. The van der Waals surface area contributed by atoms with Crippen molar-refractivity contribution >= 4 is 17.2 Å². The molecular formula is C16H17N3OS. The molecular weight excluding hydrogens is 282 g/mol. The van der Waals surface area contributed by atoms with E-state index < -0.39 is 6.04 Å². The van der Waals surface area contributed by atoms with Crippen molar-refractivity contribution in [2.24, 2.45) is 0 Å². The van der Waals surface area contributed by atoms with E-state index in [1.165, 1.54) is 0 Å². The fraction of sp³-hybridized carbons (Fsp3) is 0.312. The molecule has 1 heterocycles. The fourth-order valence-electron chi connectivity index (χ4n) is 2.02. The first kappa shape index (κ1) is 15.2. The van der Waals surface area contributed by atoms with Crippen molar-refractivity contribution in [2.75, 3.05) is 0 Å². The number of hydrogen-bond acceptors (Lipinski definition) is 4. The number of benzene rings is 1. The minimum Gasteiger partial charge on any atom is -0.336 e. The Morgan fingerprint density at radius 2 is 2.33 bits per heavy atom. The normalized spacial score (nSPS) is 11.7. The van der Waals surface area contributed by atoms with Gasteiger partial charge in [0.1, 0.15) is 6.04 Å². The van der Waals surface area contributed by atoms with Crippen molar-refractivity contribution in [1.82, 2.24) is 10.3 Å². The second-order valence-electron chi connectivity index (χ2n) is 4.78. The number of thiazole rings is 1. The lowest BCUT2D eigenvalue weighted by Crippen LogP contribution is -2.33. The Kier molecular flexibility index (Phi) is 5.07. The van der Waals surface area contributed by atoms with Crippen LogP contribution in [0.3, 0.4) is 0 Å². The summed E-state index contributed by atoms with van der Waals surface area (Å²) < 4.78 is 0. The topological polar surface area (TPSA) is 65.8 Å². The molecule has 0 unspecified atom stereocenters. The number of rotatable bonds is 5. The van der Waals surface area contributed by atoms with Crippen LogP contribution in [0.4, 0.5) is 0 Å². The van der Waals surface area contributed by atoms with Gasteiger partial charge in [0.25, 0.3) is 5.91 Å². The Hall–Kier alpha value is -2.19. The second kappa shape index (κ2) is 7.00. The first-order valence-corrected chi connectivity index (χ1v) is 7.75. The Balaban J connectivity index is 2.17. The molecule has 5 heteroatoms. The van der Waals surface area contributed by atoms with Gasteiger partial charge in [0.2, 0.25) is 0 Å². The third kappa shape index (κ3) is 3.89. The smallest absolute Gasteiger partial charge is 0.252 e. The van der Waals surface area contributed by atoms with Gasteiger partial charge in [0.15, 0.2) is 0 Å². The first-order chi connectivity index (χ1) is 10.1. The van der Waals surface area contributed by atoms with E-state index in [9.17, 15) is 4.79 Å². The van der Waals surface area contributed by atoms with Gasteiger partial charge in [-0.25, -0.2) is 4.98 Å². The zero-order valence-corrected chi connectivity index (χ0v) is 12.9. The predicted molar refractivity (Wildman–Crippen MR) is 84.1 cm³/mol. The number of nitrogens with one attached hydrogen (secondary N) is 1. The highest BCUT2D eigenvalue weighted by Crippen LogP contribution is 2.22. The minimum absolute atomic E-state index is 0.219. The number of carbonyl (C=O) groups excluding carboxylic acids is 1. The molecule has 0 fully saturated rings. The summed E-state index contributed by atoms with van der Waals surface area (Å²) in [6.07, 6.45) is 1.52. The number of nitriles is 1. The quantitative estimate of drug-likeness (QED) is 0.918. The lowest BCUT2D eigenvalue weighted by Gasteiger charge is -2.10. The van der Waals surface area contributed by atoms with Crippen LogP contribution >= 0.6 is 11.3 Å². The van der Waals surface area contributed by atoms with Crippen LogP contribution in [0.2, 0.25) is 0 Å². The summed E-state index contributed by atoms with van der Waals surface area (Å²) in [6.45, 7) is 3.94. The van der Waals surface area contributed by atoms with Crippen LogP contribution in [0.1, 0.15) is 35.1 Å². The van der Waals surface area contributed by atoms with Crippen LogP contribution in [0, 0.1) is 18.3 Å². The number of aromatic nitrogens is 1. The van der Waals surface area contributed by atoms with Crippen molar-refractivity contribution in [1.29, 1.82) is 5.26 Å². The van der Waals surface area contributed by atoms with E-state index in [-0.39, 0.29) is 5.91 Å². The van der Waals surface area contributed by atoms with E-state index in [1.807, 2.05) is 37.4 Å². The van der Waals surface area contributed by atoms with Crippen LogP contribution < -0.4 is 5.32 Å². The van der Waals surface area contributed by atoms with Crippen LogP contribution in [0.15, 0.2) is 29.6 Å². The summed E-state index contributed by atoms with van der Waals surface area (Å²) in [5, 5.41) is 14.7. The summed E-state index contributed by atoms with van der Waals surface area (Å²) in [5.74, 6) is -0.219. The SMILES string of the molecule is CCC[C@@H](C#N)NC(=O)c1cccc(-c2csc(C)n2)c1. The van der Waals surface area contributed by atoms with Crippen molar-refractivity contribution < 1.29 is 4.79 Å². The standard InChI is InChI=1S/C16H17N3OS/c1-3-5-14(9-17)19-16(20)13-7-4-6-12(8-13)15-10-21-11(2)18-15/h4,6-8,10,14H,3,5H2,1-2H3,(H,19,20)/t14-/m0/s1. The van der Waals surface area contributed by atoms with Gasteiger partial charge in [0, 0.05) is 16.5 Å². The Morgan fingerprint density at radius 3 is 2.95 bits per heavy atom. The molecule has 1 aromatic heterocycles. The molecule has 1 N–H and O–H groups in total. The van der Waals surface area contributed by atoms with Crippen molar-refractivity contribution in [3.63, 3.8) is 0 Å². The molecule has 1 aromatic carbocycles. The molecule has 108 valence electrons. The maximum Gasteiger partial charge on any atom is 0.252 e. The predicted octanol–water partition coefficient (Wildman–Crippen LogP) is 3.54. The number of carbonyl (C=O) groups is 1. The van der Waals surface area contributed by atoms with Crippen LogP contribution in [0.5, 0.6) is 0 Å². The molecule has 0 bridgehead atoms. The molecule has 0 aliphatic heterocycles. The number of hydrogen-bond donors (Lipinski definition) is 1. The molecule has 0 aliphatic carbocycles. The molecule has 21 heavy (non-hydrogen) atoms. The molecule has 0 saturated heterocycles. The number of amides is 1. The van der Waals surface area contributed by atoms with Gasteiger partial charge in [-0.3, -0.25) is 4.79 Å². The fourth-order valence-corrected chi connectivity index (χ4v) is 2.64. The van der Waals surface area contributed by atoms with Crippen molar-refractivity contribution in [3.8, 4) is 17.3 Å². The largest absolute Gasteiger partial charge is 0.336 e. The second-order valence-corrected chi connectivity index (χ2v) is 5.84. The lowest BCUT2D eigenvalue weighted by molar-refractivity contribution is 0.0944. The Labute approximate surface area is 128 Å². The van der Waals surface area contributed by atoms with Crippen LogP contribution in [-0.4, -0.2) is 16.9 Å². The van der Waals surface area contributed by atoms with Crippen molar-refractivity contribution in [2.45, 2.75) is 32.7 Å². The molecule has 1 atom stereocenters. The highest BCUT2D eigenvalue weighted by Gasteiger charge is 2.13. The Morgan fingerprint density at radius 1 is 1.52 bits per heavy atom. The minimum atomic E-state index is -0.437. The van der Waals surface area contributed by atoms with Crippen LogP contribution in [-0.2, 0) is 0 Å². The molecule has 0 saturated carbocycles. The number of nitrogens with zero attached hydrogens (tertiary/aromatic N) is 2. The summed E-state index contributed by atoms with van der Waals surface area (Å²) in [7, 11) is 0. The zero-order chi connectivity index (χ0) is 15.2. The maximum absolute atomic E-state index is 12.2. The zero-order valence-electron chi connectivity index (χ0n) is 12.1. The third-order valence-corrected chi connectivity index (χ3v) is 3.85. The molecule has 2 rings (SSSR count).